The minimum absolute atomic E-state index is 0.0130. The summed E-state index contributed by atoms with van der Waals surface area (Å²) in [6.45, 7) is 1.33. The SMILES string of the molecule is CC1(O)c2c(Cl)ccc(O)c2C(=O)C2=C(O)[C@]3(O)C(=O)C(C(N)=O)=C(O)CC3CC21. The van der Waals surface area contributed by atoms with Crippen LogP contribution in [0.4, 0.5) is 0 Å². The number of aliphatic hydroxyl groups is 4. The monoisotopic (exact) mass is 435 g/mol. The van der Waals surface area contributed by atoms with Crippen LogP contribution >= 0.6 is 11.6 Å². The van der Waals surface area contributed by atoms with Gasteiger partial charge >= 0.3 is 0 Å². The Balaban J connectivity index is 2.01. The highest BCUT2D eigenvalue weighted by Gasteiger charge is 2.63. The fourth-order valence-electron chi connectivity index (χ4n) is 4.95. The molecule has 7 N–H and O–H groups in total. The van der Waals surface area contributed by atoms with Gasteiger partial charge in [-0.05, 0) is 25.5 Å². The van der Waals surface area contributed by atoms with Gasteiger partial charge in [-0.3, -0.25) is 14.4 Å². The van der Waals surface area contributed by atoms with Crippen LogP contribution in [0, 0.1) is 11.8 Å². The van der Waals surface area contributed by atoms with E-state index in [1.54, 1.807) is 0 Å². The summed E-state index contributed by atoms with van der Waals surface area (Å²) in [5.41, 5.74) is -1.15. The van der Waals surface area contributed by atoms with Gasteiger partial charge in [0.25, 0.3) is 5.91 Å². The van der Waals surface area contributed by atoms with Crippen molar-refractivity contribution in [1.29, 1.82) is 0 Å². The summed E-state index contributed by atoms with van der Waals surface area (Å²) in [6, 6.07) is 2.45. The maximum absolute atomic E-state index is 13.2. The zero-order valence-corrected chi connectivity index (χ0v) is 16.4. The lowest BCUT2D eigenvalue weighted by Gasteiger charge is -2.49. The molecular formula is C20H18ClNO8. The molecule has 0 spiro atoms. The van der Waals surface area contributed by atoms with E-state index >= 15 is 0 Å². The van der Waals surface area contributed by atoms with Crippen molar-refractivity contribution in [1.82, 2.24) is 0 Å². The second-order valence-corrected chi connectivity index (χ2v) is 8.43. The number of allylic oxidation sites excluding steroid dienone is 1. The second kappa shape index (κ2) is 6.07. The molecule has 3 aliphatic rings. The largest absolute Gasteiger partial charge is 0.511 e. The number of primary amides is 1. The Labute approximate surface area is 174 Å². The van der Waals surface area contributed by atoms with Crippen molar-refractivity contribution in [2.45, 2.75) is 31.0 Å². The Kier molecular flexibility index (Phi) is 4.12. The van der Waals surface area contributed by atoms with Gasteiger partial charge in [0.2, 0.25) is 5.78 Å². The summed E-state index contributed by atoms with van der Waals surface area (Å²) < 4.78 is 0. The number of carbonyl (C=O) groups excluding carboxylic acids is 3. The standard InChI is InChI=1S/C20H18ClNO8/c1-19(29)7-4-6-5-10(24)13(18(22)28)17(27)20(6,30)16(26)11(7)15(25)12-9(23)3-2-8(21)14(12)19/h2-3,6-7,23-24,26,29-30H,4-5H2,1H3,(H2,22,28)/t6?,7?,19?,20-/m0/s1. The Morgan fingerprint density at radius 3 is 2.43 bits per heavy atom. The van der Waals surface area contributed by atoms with Crippen molar-refractivity contribution < 1.29 is 39.9 Å². The van der Waals surface area contributed by atoms with Gasteiger partial charge in [0.15, 0.2) is 11.4 Å². The lowest BCUT2D eigenvalue weighted by molar-refractivity contribution is -0.147. The Morgan fingerprint density at radius 1 is 1.20 bits per heavy atom. The topological polar surface area (TPSA) is 178 Å². The van der Waals surface area contributed by atoms with Crippen molar-refractivity contribution in [2.75, 3.05) is 0 Å². The fraction of sp³-hybridized carbons (Fsp3) is 0.350. The first kappa shape index (κ1) is 20.4. The number of Topliss-reactive ketones (excluding diaryl/α,β-unsaturated/α-hetero) is 2. The highest BCUT2D eigenvalue weighted by molar-refractivity contribution is 6.33. The molecule has 0 aromatic heterocycles. The molecule has 0 aliphatic heterocycles. The number of carbonyl (C=O) groups is 3. The minimum atomic E-state index is -2.69. The molecule has 30 heavy (non-hydrogen) atoms. The highest BCUT2D eigenvalue weighted by Crippen LogP contribution is 2.57. The van der Waals surface area contributed by atoms with Crippen LogP contribution in [0.1, 0.15) is 35.7 Å². The summed E-state index contributed by atoms with van der Waals surface area (Å²) in [5.74, 6) is -8.00. The number of hydrogen-bond donors (Lipinski definition) is 6. The van der Waals surface area contributed by atoms with E-state index in [0.29, 0.717) is 0 Å². The van der Waals surface area contributed by atoms with Gasteiger partial charge in [0, 0.05) is 34.4 Å². The number of amides is 1. The third-order valence-corrected chi connectivity index (χ3v) is 6.73. The van der Waals surface area contributed by atoms with Crippen LogP contribution in [0.5, 0.6) is 5.75 Å². The molecule has 0 saturated carbocycles. The van der Waals surface area contributed by atoms with Gasteiger partial charge in [-0.2, -0.15) is 0 Å². The van der Waals surface area contributed by atoms with E-state index in [1.807, 2.05) is 0 Å². The van der Waals surface area contributed by atoms with E-state index < -0.39 is 68.9 Å². The number of phenolic OH excluding ortho intramolecular Hbond substituents is 1. The number of hydrogen-bond acceptors (Lipinski definition) is 8. The molecule has 9 nitrogen and oxygen atoms in total. The van der Waals surface area contributed by atoms with E-state index in [4.69, 9.17) is 17.3 Å². The van der Waals surface area contributed by atoms with Gasteiger partial charge < -0.3 is 31.3 Å². The number of aliphatic hydroxyl groups excluding tert-OH is 2. The molecule has 4 rings (SSSR count). The molecule has 158 valence electrons. The van der Waals surface area contributed by atoms with Crippen LogP contribution in [0.3, 0.4) is 0 Å². The number of fused-ring (bicyclic) bond motifs is 3. The lowest BCUT2D eigenvalue weighted by atomic mass is 9.56. The number of rotatable bonds is 1. The van der Waals surface area contributed by atoms with Gasteiger partial charge in [-0.15, -0.1) is 0 Å². The quantitative estimate of drug-likeness (QED) is 0.352. The van der Waals surface area contributed by atoms with Gasteiger partial charge in [-0.1, -0.05) is 11.6 Å². The van der Waals surface area contributed by atoms with Crippen LogP contribution < -0.4 is 5.73 Å². The van der Waals surface area contributed by atoms with Crippen molar-refractivity contribution in [2.24, 2.45) is 17.6 Å². The third kappa shape index (κ3) is 2.28. The predicted octanol–water partition coefficient (Wildman–Crippen LogP) is 0.899. The van der Waals surface area contributed by atoms with E-state index in [9.17, 15) is 39.9 Å². The molecule has 0 saturated heterocycles. The van der Waals surface area contributed by atoms with Crippen LogP contribution in [-0.4, -0.2) is 48.6 Å². The average molecular weight is 436 g/mol. The van der Waals surface area contributed by atoms with Gasteiger partial charge in [0.1, 0.15) is 22.8 Å². The van der Waals surface area contributed by atoms with Gasteiger partial charge in [-0.25, -0.2) is 0 Å². The normalized spacial score (nSPS) is 33.2. The molecule has 0 bridgehead atoms. The van der Waals surface area contributed by atoms with Crippen LogP contribution in [0.2, 0.25) is 5.02 Å². The lowest BCUT2D eigenvalue weighted by Crippen LogP contribution is -2.59. The number of aromatic hydroxyl groups is 1. The van der Waals surface area contributed by atoms with Crippen LogP contribution in [0.25, 0.3) is 0 Å². The second-order valence-electron chi connectivity index (χ2n) is 8.03. The summed E-state index contributed by atoms with van der Waals surface area (Å²) >= 11 is 6.19. The average Bonchev–Trinajstić information content (AvgIpc) is 2.64. The van der Waals surface area contributed by atoms with Crippen molar-refractivity contribution in [3.63, 3.8) is 0 Å². The smallest absolute Gasteiger partial charge is 0.255 e. The number of ketones is 2. The molecule has 0 fully saturated rings. The Hall–Kier alpha value is -2.88. The van der Waals surface area contributed by atoms with Crippen molar-refractivity contribution in [3.05, 3.63) is 50.9 Å². The molecule has 3 aliphatic carbocycles. The van der Waals surface area contributed by atoms with E-state index in [1.165, 1.54) is 13.0 Å². The molecule has 1 aromatic carbocycles. The minimum Gasteiger partial charge on any atom is -0.511 e. The number of nitrogens with two attached hydrogens (primary N) is 1. The van der Waals surface area contributed by atoms with E-state index in [-0.39, 0.29) is 29.0 Å². The summed E-state index contributed by atoms with van der Waals surface area (Å²) in [5, 5.41) is 53.7. The molecule has 3 unspecified atom stereocenters. The van der Waals surface area contributed by atoms with Crippen LogP contribution in [0.15, 0.2) is 34.8 Å². The molecule has 0 heterocycles. The zero-order chi connectivity index (χ0) is 22.3. The molecule has 0 radical (unpaired) electrons. The first-order chi connectivity index (χ1) is 13.8. The summed E-state index contributed by atoms with van der Waals surface area (Å²) in [7, 11) is 0. The number of benzene rings is 1. The molecule has 4 atom stereocenters. The maximum atomic E-state index is 13.2. The molecule has 10 heteroatoms. The molecule has 1 aromatic rings. The first-order valence-electron chi connectivity index (χ1n) is 9.06. The molecular weight excluding hydrogens is 418 g/mol. The van der Waals surface area contributed by atoms with Crippen molar-refractivity contribution >= 4 is 29.1 Å². The molecule has 1 amide bonds. The third-order valence-electron chi connectivity index (χ3n) is 6.41. The Bertz CT molecular complexity index is 1120. The summed E-state index contributed by atoms with van der Waals surface area (Å²) in [6.07, 6.45) is -0.596. The first-order valence-corrected chi connectivity index (χ1v) is 9.44. The fourth-order valence-corrected chi connectivity index (χ4v) is 5.30. The number of phenols is 1. The zero-order valence-electron chi connectivity index (χ0n) is 15.6. The summed E-state index contributed by atoms with van der Waals surface area (Å²) in [4.78, 5) is 37.7. The number of halogens is 1. The van der Waals surface area contributed by atoms with E-state index in [0.717, 1.165) is 6.07 Å². The van der Waals surface area contributed by atoms with E-state index in [2.05, 4.69) is 0 Å². The highest BCUT2D eigenvalue weighted by atomic mass is 35.5. The van der Waals surface area contributed by atoms with Crippen molar-refractivity contribution in [3.8, 4) is 5.75 Å². The maximum Gasteiger partial charge on any atom is 0.255 e. The van der Waals surface area contributed by atoms with Crippen LogP contribution in [-0.2, 0) is 15.2 Å². The Morgan fingerprint density at radius 2 is 1.83 bits per heavy atom. The predicted molar refractivity (Wildman–Crippen MR) is 102 cm³/mol. The van der Waals surface area contributed by atoms with Gasteiger partial charge in [0.05, 0.1) is 11.2 Å².